The average molecular weight is 248 g/mol. The van der Waals surface area contributed by atoms with Gasteiger partial charge in [-0.2, -0.15) is 0 Å². The third-order valence-electron chi connectivity index (χ3n) is 3.55. The third-order valence-corrected chi connectivity index (χ3v) is 3.55. The Hall–Kier alpha value is -0.280. The molecule has 4 heteroatoms. The molecule has 16 heavy (non-hydrogen) atoms. The molecule has 1 unspecified atom stereocenters. The van der Waals surface area contributed by atoms with Gasteiger partial charge in [0.15, 0.2) is 0 Å². The number of hydrogen-bond acceptors (Lipinski definition) is 3. The van der Waals surface area contributed by atoms with Crippen LogP contribution in [-0.2, 0) is 9.53 Å². The molecule has 1 saturated carbocycles. The molecule has 0 radical (unpaired) electrons. The molecule has 1 aliphatic heterocycles. The van der Waals surface area contributed by atoms with E-state index in [-0.39, 0.29) is 24.3 Å². The zero-order valence-electron chi connectivity index (χ0n) is 9.74. The number of carbonyl (C=O) groups excluding carboxylic acids is 1. The van der Waals surface area contributed by atoms with Crippen molar-refractivity contribution in [3.63, 3.8) is 0 Å². The first-order valence-electron chi connectivity index (χ1n) is 6.23. The van der Waals surface area contributed by atoms with Gasteiger partial charge >= 0.3 is 5.97 Å². The first-order valence-corrected chi connectivity index (χ1v) is 6.23. The molecule has 1 heterocycles. The fourth-order valence-corrected chi connectivity index (χ4v) is 2.55. The molecule has 94 valence electrons. The van der Waals surface area contributed by atoms with E-state index in [4.69, 9.17) is 4.74 Å². The third kappa shape index (κ3) is 3.95. The summed E-state index contributed by atoms with van der Waals surface area (Å²) in [5.74, 6) is 0.809. The van der Waals surface area contributed by atoms with Crippen molar-refractivity contribution in [2.75, 3.05) is 19.7 Å². The lowest BCUT2D eigenvalue weighted by Crippen LogP contribution is -2.33. The summed E-state index contributed by atoms with van der Waals surface area (Å²) >= 11 is 0. The molecule has 2 fully saturated rings. The van der Waals surface area contributed by atoms with Crippen molar-refractivity contribution in [2.24, 2.45) is 11.8 Å². The minimum absolute atomic E-state index is 0. The van der Waals surface area contributed by atoms with E-state index in [9.17, 15) is 4.79 Å². The highest BCUT2D eigenvalue weighted by molar-refractivity contribution is 5.85. The first-order chi connectivity index (χ1) is 7.36. The van der Waals surface area contributed by atoms with Gasteiger partial charge in [0.25, 0.3) is 0 Å². The predicted octanol–water partition coefficient (Wildman–Crippen LogP) is 2.14. The van der Waals surface area contributed by atoms with Gasteiger partial charge in [-0.1, -0.05) is 12.8 Å². The second-order valence-corrected chi connectivity index (χ2v) is 4.82. The molecule has 0 amide bonds. The number of esters is 1. The Bertz CT molecular complexity index is 211. The van der Waals surface area contributed by atoms with Crippen LogP contribution >= 0.6 is 12.4 Å². The van der Waals surface area contributed by atoms with Crippen molar-refractivity contribution in [1.82, 2.24) is 5.32 Å². The van der Waals surface area contributed by atoms with Crippen LogP contribution in [0.1, 0.15) is 38.5 Å². The number of rotatable bonds is 3. The molecule has 0 bridgehead atoms. The van der Waals surface area contributed by atoms with Crippen LogP contribution in [0.2, 0.25) is 0 Å². The summed E-state index contributed by atoms with van der Waals surface area (Å²) in [5, 5.41) is 3.34. The largest absolute Gasteiger partial charge is 0.465 e. The van der Waals surface area contributed by atoms with Gasteiger partial charge in [0.1, 0.15) is 0 Å². The minimum atomic E-state index is 0. The predicted molar refractivity (Wildman–Crippen MR) is 65.8 cm³/mol. The second-order valence-electron chi connectivity index (χ2n) is 4.82. The van der Waals surface area contributed by atoms with Gasteiger partial charge in [0, 0.05) is 12.5 Å². The van der Waals surface area contributed by atoms with Crippen molar-refractivity contribution in [3.05, 3.63) is 0 Å². The van der Waals surface area contributed by atoms with E-state index in [1.807, 2.05) is 0 Å². The smallest absolute Gasteiger partial charge is 0.308 e. The fraction of sp³-hybridized carbons (Fsp3) is 0.917. The van der Waals surface area contributed by atoms with Crippen LogP contribution in [0.5, 0.6) is 0 Å². The SMILES string of the molecule is Cl.O=C(OCC1CCCNC1)C1CCCC1. The lowest BCUT2D eigenvalue weighted by molar-refractivity contribution is -0.149. The Kier molecular flexibility index (Phi) is 6.14. The standard InChI is InChI=1S/C12H21NO2.ClH/c14-12(11-5-1-2-6-11)15-9-10-4-3-7-13-8-10;/h10-11,13H,1-9H2;1H. The van der Waals surface area contributed by atoms with Crippen LogP contribution in [-0.4, -0.2) is 25.7 Å². The Morgan fingerprint density at radius 2 is 1.94 bits per heavy atom. The summed E-state index contributed by atoms with van der Waals surface area (Å²) < 4.78 is 5.39. The fourth-order valence-electron chi connectivity index (χ4n) is 2.55. The van der Waals surface area contributed by atoms with Gasteiger partial charge in [-0.05, 0) is 32.2 Å². The quantitative estimate of drug-likeness (QED) is 0.777. The zero-order valence-corrected chi connectivity index (χ0v) is 10.6. The maximum absolute atomic E-state index is 11.6. The highest BCUT2D eigenvalue weighted by atomic mass is 35.5. The molecule has 1 atom stereocenters. The molecule has 0 aromatic carbocycles. The van der Waals surface area contributed by atoms with Crippen LogP contribution in [0.25, 0.3) is 0 Å². The Balaban J connectivity index is 0.00000128. The highest BCUT2D eigenvalue weighted by Crippen LogP contribution is 2.26. The summed E-state index contributed by atoms with van der Waals surface area (Å²) in [6.07, 6.45) is 6.90. The maximum atomic E-state index is 11.6. The number of piperidine rings is 1. The van der Waals surface area contributed by atoms with Gasteiger partial charge in [-0.25, -0.2) is 0 Å². The number of hydrogen-bond donors (Lipinski definition) is 1. The molecule has 3 nitrogen and oxygen atoms in total. The number of nitrogens with one attached hydrogen (secondary N) is 1. The van der Waals surface area contributed by atoms with E-state index >= 15 is 0 Å². The summed E-state index contributed by atoms with van der Waals surface area (Å²) in [5.41, 5.74) is 0. The van der Waals surface area contributed by atoms with E-state index in [0.29, 0.717) is 12.5 Å². The Morgan fingerprint density at radius 1 is 1.19 bits per heavy atom. The average Bonchev–Trinajstić information content (AvgIpc) is 2.81. The van der Waals surface area contributed by atoms with Crippen molar-refractivity contribution in [3.8, 4) is 0 Å². The Labute approximate surface area is 104 Å². The Morgan fingerprint density at radius 3 is 2.56 bits per heavy atom. The molecule has 0 aromatic rings. The molecular weight excluding hydrogens is 226 g/mol. The molecule has 2 aliphatic rings. The van der Waals surface area contributed by atoms with Crippen molar-refractivity contribution >= 4 is 18.4 Å². The van der Waals surface area contributed by atoms with Crippen molar-refractivity contribution < 1.29 is 9.53 Å². The highest BCUT2D eigenvalue weighted by Gasteiger charge is 2.25. The summed E-state index contributed by atoms with van der Waals surface area (Å²) in [6, 6.07) is 0. The van der Waals surface area contributed by atoms with Gasteiger partial charge in [0.2, 0.25) is 0 Å². The van der Waals surface area contributed by atoms with Crippen LogP contribution in [0, 0.1) is 11.8 Å². The van der Waals surface area contributed by atoms with E-state index < -0.39 is 0 Å². The second kappa shape index (κ2) is 7.13. The molecule has 1 aliphatic carbocycles. The van der Waals surface area contributed by atoms with Crippen LogP contribution in [0.3, 0.4) is 0 Å². The molecule has 0 spiro atoms. The lowest BCUT2D eigenvalue weighted by atomic mass is 10.0. The van der Waals surface area contributed by atoms with E-state index in [2.05, 4.69) is 5.32 Å². The van der Waals surface area contributed by atoms with E-state index in [1.54, 1.807) is 0 Å². The van der Waals surface area contributed by atoms with Crippen LogP contribution < -0.4 is 5.32 Å². The van der Waals surface area contributed by atoms with Gasteiger partial charge in [-0.15, -0.1) is 12.4 Å². The van der Waals surface area contributed by atoms with Crippen molar-refractivity contribution in [1.29, 1.82) is 0 Å². The molecule has 1 saturated heterocycles. The number of carbonyl (C=O) groups is 1. The lowest BCUT2D eigenvalue weighted by Gasteiger charge is -2.22. The van der Waals surface area contributed by atoms with Crippen LogP contribution in [0.4, 0.5) is 0 Å². The topological polar surface area (TPSA) is 38.3 Å². The first kappa shape index (κ1) is 13.8. The normalized spacial score (nSPS) is 26.1. The van der Waals surface area contributed by atoms with Crippen LogP contribution in [0.15, 0.2) is 0 Å². The monoisotopic (exact) mass is 247 g/mol. The molecular formula is C12H22ClNO2. The number of halogens is 1. The summed E-state index contributed by atoms with van der Waals surface area (Å²) in [4.78, 5) is 11.6. The van der Waals surface area contributed by atoms with E-state index in [1.165, 1.54) is 25.7 Å². The van der Waals surface area contributed by atoms with Gasteiger partial charge in [-0.3, -0.25) is 4.79 Å². The van der Waals surface area contributed by atoms with Crippen molar-refractivity contribution in [2.45, 2.75) is 38.5 Å². The molecule has 0 aromatic heterocycles. The molecule has 2 rings (SSSR count). The van der Waals surface area contributed by atoms with Gasteiger partial charge in [0.05, 0.1) is 12.5 Å². The maximum Gasteiger partial charge on any atom is 0.308 e. The van der Waals surface area contributed by atoms with Gasteiger partial charge < -0.3 is 10.1 Å². The number of ether oxygens (including phenoxy) is 1. The molecule has 1 N–H and O–H groups in total. The summed E-state index contributed by atoms with van der Waals surface area (Å²) in [7, 11) is 0. The minimum Gasteiger partial charge on any atom is -0.465 e. The zero-order chi connectivity index (χ0) is 10.5. The van der Waals surface area contributed by atoms with E-state index in [0.717, 1.165) is 25.9 Å². The summed E-state index contributed by atoms with van der Waals surface area (Å²) in [6.45, 7) is 2.76.